The van der Waals surface area contributed by atoms with Crippen molar-refractivity contribution < 1.29 is 0 Å². The predicted molar refractivity (Wildman–Crippen MR) is 65.4 cm³/mol. The highest BCUT2D eigenvalue weighted by Crippen LogP contribution is 2.36. The molecule has 0 bridgehead atoms. The number of rotatable bonds is 0. The van der Waals surface area contributed by atoms with Gasteiger partial charge in [0.1, 0.15) is 7.85 Å². The minimum atomic E-state index is 1.13. The third-order valence-electron chi connectivity index (χ3n) is 2.84. The van der Waals surface area contributed by atoms with Gasteiger partial charge in [0, 0.05) is 0 Å². The van der Waals surface area contributed by atoms with Crippen molar-refractivity contribution in [2.45, 2.75) is 6.42 Å². The molecule has 2 aromatic rings. The molecule has 1 aliphatic carbocycles. The van der Waals surface area contributed by atoms with Gasteiger partial charge in [0.05, 0.1) is 0 Å². The topological polar surface area (TPSA) is 0 Å². The van der Waals surface area contributed by atoms with E-state index in [1.54, 1.807) is 0 Å². The highest BCUT2D eigenvalue weighted by atomic mass is 31.0. The summed E-state index contributed by atoms with van der Waals surface area (Å²) in [6, 6.07) is 9.03. The smallest absolute Gasteiger partial charge is 0.0886 e. The second kappa shape index (κ2) is 2.97. The molecular weight excluding hydrogens is 186 g/mol. The van der Waals surface area contributed by atoms with Gasteiger partial charge in [0.2, 0.25) is 0 Å². The van der Waals surface area contributed by atoms with Crippen molar-refractivity contribution >= 4 is 21.5 Å². The van der Waals surface area contributed by atoms with E-state index < -0.39 is 0 Å². The van der Waals surface area contributed by atoms with Gasteiger partial charge >= 0.3 is 0 Å². The van der Waals surface area contributed by atoms with Crippen molar-refractivity contribution in [3.05, 3.63) is 47.0 Å². The van der Waals surface area contributed by atoms with Gasteiger partial charge in [-0.1, -0.05) is 31.9 Å². The zero-order chi connectivity index (χ0) is 9.54. The Labute approximate surface area is 86.5 Å². The Kier molecular flexibility index (Phi) is 1.75. The van der Waals surface area contributed by atoms with Crippen molar-refractivity contribution in [2.24, 2.45) is 0 Å². The van der Waals surface area contributed by atoms with Crippen LogP contribution in [-0.4, -0.2) is 7.85 Å². The predicted octanol–water partition coefficient (Wildman–Crippen LogP) is 2.10. The van der Waals surface area contributed by atoms with Crippen molar-refractivity contribution in [3.8, 4) is 11.1 Å². The quantitative estimate of drug-likeness (QED) is 0.483. The number of fused-ring (bicyclic) bond motifs is 3. The number of hydrogen-bond acceptors (Lipinski definition) is 0. The van der Waals surface area contributed by atoms with Crippen molar-refractivity contribution in [1.29, 1.82) is 0 Å². The molecule has 66 valence electrons. The maximum atomic E-state index is 2.32. The molecule has 0 saturated heterocycles. The molecule has 0 fully saturated rings. The molecule has 0 radical (unpaired) electrons. The molecule has 0 unspecified atom stereocenters. The third-order valence-corrected chi connectivity index (χ3v) is 3.62. The minimum Gasteiger partial charge on any atom is -0.0886 e. The van der Waals surface area contributed by atoms with E-state index in [1.807, 2.05) is 0 Å². The summed E-state index contributed by atoms with van der Waals surface area (Å²) in [4.78, 5) is 0. The van der Waals surface area contributed by atoms with Gasteiger partial charge in [0.25, 0.3) is 0 Å². The lowest BCUT2D eigenvalue weighted by Crippen LogP contribution is -2.01. The number of benzene rings is 1. The van der Waals surface area contributed by atoms with Crippen LogP contribution in [0.1, 0.15) is 11.1 Å². The highest BCUT2D eigenvalue weighted by molar-refractivity contribution is 7.28. The Morgan fingerprint density at radius 1 is 1.07 bits per heavy atom. The number of hydrogen-bond donors (Lipinski definition) is 0. The maximum Gasteiger partial charge on any atom is 0.139 e. The zero-order valence-corrected chi connectivity index (χ0v) is 9.01. The molecule has 0 amide bonds. The summed E-state index contributed by atoms with van der Waals surface area (Å²) in [5.41, 5.74) is 7.25. The Hall–Kier alpha value is -1.07. The molecule has 0 atom stereocenters. The Morgan fingerprint density at radius 2 is 1.93 bits per heavy atom. The second-order valence-electron chi connectivity index (χ2n) is 3.87. The van der Waals surface area contributed by atoms with Gasteiger partial charge in [-0.05, 0) is 46.3 Å². The summed E-state index contributed by atoms with van der Waals surface area (Å²) < 4.78 is 0. The average molecular weight is 196 g/mol. The Balaban J connectivity index is 2.27. The fourth-order valence-corrected chi connectivity index (χ4v) is 2.90. The summed E-state index contributed by atoms with van der Waals surface area (Å²) in [7, 11) is 3.49. The summed E-state index contributed by atoms with van der Waals surface area (Å²) >= 11 is 0. The summed E-state index contributed by atoms with van der Waals surface area (Å²) in [6.07, 6.45) is 1.13. The van der Waals surface area contributed by atoms with Crippen LogP contribution in [-0.2, 0) is 6.42 Å². The Morgan fingerprint density at radius 3 is 2.86 bits per heavy atom. The van der Waals surface area contributed by atoms with Crippen LogP contribution in [0.3, 0.4) is 0 Å². The van der Waals surface area contributed by atoms with Gasteiger partial charge in [-0.3, -0.25) is 0 Å². The van der Waals surface area contributed by atoms with Crippen molar-refractivity contribution in [3.63, 3.8) is 0 Å². The Bertz CT molecular complexity index is 505. The van der Waals surface area contributed by atoms with Gasteiger partial charge in [-0.2, -0.15) is 0 Å². The molecule has 0 N–H and O–H groups in total. The van der Waals surface area contributed by atoms with Crippen molar-refractivity contribution in [2.75, 3.05) is 0 Å². The molecule has 1 aromatic heterocycles. The summed E-state index contributed by atoms with van der Waals surface area (Å²) in [5, 5.41) is 0. The second-order valence-corrected chi connectivity index (χ2v) is 4.72. The van der Waals surface area contributed by atoms with Gasteiger partial charge in [0.15, 0.2) is 0 Å². The first-order valence-electron chi connectivity index (χ1n) is 4.87. The molecule has 0 spiro atoms. The standard InChI is InChI=1S/C12H10BP/c13-10-1-2-11-8(6-10)5-9-7-14-4-3-12(9)11/h1-4,6-7H,5,13H2. The fraction of sp³-hybridized carbons (Fsp3) is 0.0833. The molecule has 0 nitrogen and oxygen atoms in total. The van der Waals surface area contributed by atoms with Crippen LogP contribution in [0.25, 0.3) is 11.1 Å². The van der Waals surface area contributed by atoms with Crippen LogP contribution < -0.4 is 5.46 Å². The molecule has 1 heterocycles. The fourth-order valence-electron chi connectivity index (χ4n) is 2.17. The van der Waals surface area contributed by atoms with Crippen LogP contribution in [0.4, 0.5) is 0 Å². The highest BCUT2D eigenvalue weighted by Gasteiger charge is 2.16. The minimum absolute atomic E-state index is 1.13. The molecule has 1 aromatic carbocycles. The summed E-state index contributed by atoms with van der Waals surface area (Å²) in [5.74, 6) is 4.54. The third kappa shape index (κ3) is 1.13. The first kappa shape index (κ1) is 8.26. The van der Waals surface area contributed by atoms with Gasteiger partial charge in [-0.25, -0.2) is 0 Å². The lowest BCUT2D eigenvalue weighted by molar-refractivity contribution is 1.28. The van der Waals surface area contributed by atoms with E-state index in [0.29, 0.717) is 0 Å². The summed E-state index contributed by atoms with van der Waals surface area (Å²) in [6.45, 7) is 0. The molecule has 0 aliphatic heterocycles. The molecule has 14 heavy (non-hydrogen) atoms. The zero-order valence-electron chi connectivity index (χ0n) is 8.12. The first-order valence-corrected chi connectivity index (χ1v) is 5.91. The van der Waals surface area contributed by atoms with E-state index in [2.05, 4.69) is 43.7 Å². The normalized spacial score (nSPS) is 12.9. The maximum absolute atomic E-state index is 2.32. The van der Waals surface area contributed by atoms with Crippen molar-refractivity contribution in [1.82, 2.24) is 0 Å². The van der Waals surface area contributed by atoms with Crippen LogP contribution in [0.5, 0.6) is 0 Å². The molecule has 0 saturated carbocycles. The van der Waals surface area contributed by atoms with E-state index in [9.17, 15) is 0 Å². The van der Waals surface area contributed by atoms with Gasteiger partial charge < -0.3 is 0 Å². The van der Waals surface area contributed by atoms with E-state index in [4.69, 9.17) is 0 Å². The molecule has 3 rings (SSSR count). The SMILES string of the molecule is Bc1ccc2c(c1)Cc1cpccc1-2. The van der Waals surface area contributed by atoms with Crippen LogP contribution in [0, 0.1) is 0 Å². The van der Waals surface area contributed by atoms with Crippen LogP contribution in [0.2, 0.25) is 0 Å². The lowest BCUT2D eigenvalue weighted by Gasteiger charge is -2.00. The molecular formula is C12H10BP. The first-order chi connectivity index (χ1) is 6.84. The van der Waals surface area contributed by atoms with Crippen LogP contribution in [0.15, 0.2) is 35.9 Å². The monoisotopic (exact) mass is 196 g/mol. The van der Waals surface area contributed by atoms with Gasteiger partial charge in [-0.15, -0.1) is 0 Å². The van der Waals surface area contributed by atoms with E-state index in [-0.39, 0.29) is 0 Å². The average Bonchev–Trinajstić information content (AvgIpc) is 2.54. The lowest BCUT2D eigenvalue weighted by atomic mass is 9.92. The van der Waals surface area contributed by atoms with E-state index in [0.717, 1.165) is 6.42 Å². The van der Waals surface area contributed by atoms with E-state index in [1.165, 1.54) is 35.9 Å². The molecule has 2 heteroatoms. The van der Waals surface area contributed by atoms with E-state index >= 15 is 0 Å². The largest absolute Gasteiger partial charge is 0.139 e. The van der Waals surface area contributed by atoms with Crippen LogP contribution >= 0.6 is 8.19 Å². The molecule has 1 aliphatic rings.